The normalized spacial score (nSPS) is 11.9. The minimum atomic E-state index is -4.50. The lowest BCUT2D eigenvalue weighted by Gasteiger charge is -2.06. The van der Waals surface area contributed by atoms with Gasteiger partial charge in [0.2, 0.25) is 0 Å². The van der Waals surface area contributed by atoms with Crippen LogP contribution in [0.3, 0.4) is 0 Å². The van der Waals surface area contributed by atoms with Crippen molar-refractivity contribution < 1.29 is 32.9 Å². The van der Waals surface area contributed by atoms with Crippen LogP contribution >= 0.6 is 0 Å². The Balaban J connectivity index is 1.74. The van der Waals surface area contributed by atoms with Gasteiger partial charge in [-0.05, 0) is 36.4 Å². The van der Waals surface area contributed by atoms with E-state index < -0.39 is 32.3 Å². The first-order valence-electron chi connectivity index (χ1n) is 10.2. The van der Waals surface area contributed by atoms with Gasteiger partial charge in [-0.1, -0.05) is 24.3 Å². The molecule has 14 heteroatoms. The van der Waals surface area contributed by atoms with Crippen molar-refractivity contribution >= 4 is 55.3 Å². The summed E-state index contributed by atoms with van der Waals surface area (Å²) in [4.78, 5) is 21.5. The number of hydrogen-bond acceptors (Lipinski definition) is 10. The minimum absolute atomic E-state index is 0.0178. The van der Waals surface area contributed by atoms with Crippen molar-refractivity contribution in [1.29, 1.82) is 0 Å². The van der Waals surface area contributed by atoms with Crippen LogP contribution in [0.2, 0.25) is 0 Å². The molecule has 0 spiro atoms. The number of aromatic hydroxyl groups is 1. The maximum atomic E-state index is 11.7. The van der Waals surface area contributed by atoms with E-state index >= 15 is 0 Å². The van der Waals surface area contributed by atoms with Gasteiger partial charge in [-0.25, -0.2) is 4.79 Å². The van der Waals surface area contributed by atoms with Gasteiger partial charge in [0, 0.05) is 22.9 Å². The van der Waals surface area contributed by atoms with E-state index in [1.54, 1.807) is 6.07 Å². The number of non-ortho nitro benzene ring substituents is 1. The van der Waals surface area contributed by atoms with Crippen molar-refractivity contribution in [3.05, 3.63) is 88.5 Å². The average Bonchev–Trinajstić information content (AvgIpc) is 2.86. The SMILES string of the molecule is O=C(O)c1cc(N=Nc2cccc3c(S(=O)(=O)O)cccc23)cc(N=Nc2ccc([N+](=O)[O-])cc2)c1O. The Kier molecular flexibility index (Phi) is 6.69. The molecule has 0 unspecified atom stereocenters. The van der Waals surface area contributed by atoms with Crippen LogP contribution in [0.15, 0.2) is 98.1 Å². The first-order chi connectivity index (χ1) is 17.5. The summed E-state index contributed by atoms with van der Waals surface area (Å²) in [6, 6.07) is 16.1. The molecule has 0 fully saturated rings. The summed E-state index contributed by atoms with van der Waals surface area (Å²) in [5.74, 6) is -2.15. The van der Waals surface area contributed by atoms with Crippen LogP contribution in [0.5, 0.6) is 5.75 Å². The molecule has 0 aliphatic carbocycles. The van der Waals surface area contributed by atoms with Crippen molar-refractivity contribution in [1.82, 2.24) is 0 Å². The smallest absolute Gasteiger partial charge is 0.339 e. The van der Waals surface area contributed by atoms with Gasteiger partial charge >= 0.3 is 5.97 Å². The van der Waals surface area contributed by atoms with E-state index in [0.29, 0.717) is 5.39 Å². The van der Waals surface area contributed by atoms with Crippen LogP contribution in [0.1, 0.15) is 10.4 Å². The first kappa shape index (κ1) is 25.0. The predicted octanol–water partition coefficient (Wildman–Crippen LogP) is 6.23. The molecule has 3 N–H and O–H groups in total. The minimum Gasteiger partial charge on any atom is -0.505 e. The summed E-state index contributed by atoms with van der Waals surface area (Å²) in [5.41, 5.74) is -0.522. The molecule has 0 amide bonds. The van der Waals surface area contributed by atoms with Gasteiger partial charge in [0.15, 0.2) is 5.75 Å². The fourth-order valence-electron chi connectivity index (χ4n) is 3.34. The molecule has 13 nitrogen and oxygen atoms in total. The number of nitro groups is 1. The largest absolute Gasteiger partial charge is 0.505 e. The molecule has 0 aliphatic rings. The number of benzene rings is 4. The van der Waals surface area contributed by atoms with Crippen LogP contribution in [-0.2, 0) is 10.1 Å². The summed E-state index contributed by atoms with van der Waals surface area (Å²) < 4.78 is 32.9. The highest BCUT2D eigenvalue weighted by atomic mass is 32.2. The predicted molar refractivity (Wildman–Crippen MR) is 130 cm³/mol. The number of azo groups is 2. The molecular weight excluding hydrogens is 506 g/mol. The maximum Gasteiger partial charge on any atom is 0.339 e. The molecule has 4 aromatic carbocycles. The number of carbonyl (C=O) groups is 1. The van der Waals surface area contributed by atoms with E-state index in [1.165, 1.54) is 60.7 Å². The van der Waals surface area contributed by atoms with E-state index in [0.717, 1.165) is 6.07 Å². The number of phenols is 1. The lowest BCUT2D eigenvalue weighted by Crippen LogP contribution is -1.98. The lowest BCUT2D eigenvalue weighted by atomic mass is 10.1. The molecule has 4 rings (SSSR count). The summed E-state index contributed by atoms with van der Waals surface area (Å²) in [7, 11) is -4.50. The monoisotopic (exact) mass is 521 g/mol. The second-order valence-electron chi connectivity index (χ2n) is 7.44. The Morgan fingerprint density at radius 1 is 0.811 bits per heavy atom. The summed E-state index contributed by atoms with van der Waals surface area (Å²) in [6.45, 7) is 0. The van der Waals surface area contributed by atoms with Gasteiger partial charge in [-0.3, -0.25) is 14.7 Å². The van der Waals surface area contributed by atoms with E-state index in [4.69, 9.17) is 0 Å². The Morgan fingerprint density at radius 3 is 2.08 bits per heavy atom. The van der Waals surface area contributed by atoms with E-state index in [-0.39, 0.29) is 38.7 Å². The molecule has 0 saturated heterocycles. The van der Waals surface area contributed by atoms with Gasteiger partial charge in [0.25, 0.3) is 15.8 Å². The second kappa shape index (κ2) is 9.88. The fourth-order valence-corrected chi connectivity index (χ4v) is 4.05. The third-order valence-corrected chi connectivity index (χ3v) is 5.96. The number of nitrogens with zero attached hydrogens (tertiary/aromatic N) is 5. The molecule has 0 atom stereocenters. The number of carboxylic acids is 1. The number of nitro benzene ring substituents is 1. The van der Waals surface area contributed by atoms with Gasteiger partial charge in [0.05, 0.1) is 22.0 Å². The highest BCUT2D eigenvalue weighted by Crippen LogP contribution is 2.38. The molecule has 0 radical (unpaired) electrons. The van der Waals surface area contributed by atoms with E-state index in [1.807, 2.05) is 0 Å². The van der Waals surface area contributed by atoms with Crippen molar-refractivity contribution in [3.8, 4) is 5.75 Å². The Bertz CT molecular complexity index is 1720. The Morgan fingerprint density at radius 2 is 1.43 bits per heavy atom. The lowest BCUT2D eigenvalue weighted by molar-refractivity contribution is -0.384. The number of fused-ring (bicyclic) bond motifs is 1. The van der Waals surface area contributed by atoms with E-state index in [2.05, 4.69) is 20.5 Å². The summed E-state index contributed by atoms with van der Waals surface area (Å²) >= 11 is 0. The molecule has 0 saturated carbocycles. The van der Waals surface area contributed by atoms with E-state index in [9.17, 15) is 38.1 Å². The zero-order chi connectivity index (χ0) is 26.7. The zero-order valence-electron chi connectivity index (χ0n) is 18.5. The molecule has 37 heavy (non-hydrogen) atoms. The van der Waals surface area contributed by atoms with Crippen molar-refractivity contribution in [2.75, 3.05) is 0 Å². The van der Waals surface area contributed by atoms with Crippen molar-refractivity contribution in [3.63, 3.8) is 0 Å². The van der Waals surface area contributed by atoms with Gasteiger partial charge in [-0.15, -0.1) is 10.2 Å². The standard InChI is InChI=1S/C23H15N5O8S/c29-22-18(23(30)31)11-14(12-20(22)27-24-13-7-9-15(10-8-13)28(32)33)25-26-19-5-1-4-17-16(19)3-2-6-21(17)37(34,35)36/h1-12,29H,(H,30,31)(H,34,35,36). The van der Waals surface area contributed by atoms with Crippen LogP contribution in [-0.4, -0.2) is 34.1 Å². The van der Waals surface area contributed by atoms with Crippen LogP contribution in [0.4, 0.5) is 28.4 Å². The zero-order valence-corrected chi connectivity index (χ0v) is 19.3. The molecule has 0 bridgehead atoms. The van der Waals surface area contributed by atoms with Gasteiger partial charge in [-0.2, -0.15) is 18.6 Å². The van der Waals surface area contributed by atoms with Crippen LogP contribution in [0.25, 0.3) is 10.8 Å². The van der Waals surface area contributed by atoms with Crippen LogP contribution in [0, 0.1) is 10.1 Å². The quantitative estimate of drug-likeness (QED) is 0.110. The van der Waals surface area contributed by atoms with Crippen molar-refractivity contribution in [2.24, 2.45) is 20.5 Å². The first-order valence-corrected chi connectivity index (χ1v) is 11.7. The molecule has 186 valence electrons. The highest BCUT2D eigenvalue weighted by molar-refractivity contribution is 7.86. The van der Waals surface area contributed by atoms with Gasteiger partial charge in [0.1, 0.15) is 16.1 Å². The van der Waals surface area contributed by atoms with Crippen molar-refractivity contribution in [2.45, 2.75) is 4.90 Å². The number of rotatable bonds is 7. The number of carboxylic acid groups (broad SMARTS) is 1. The molecule has 0 aromatic heterocycles. The molecule has 0 aliphatic heterocycles. The van der Waals surface area contributed by atoms with Crippen LogP contribution < -0.4 is 0 Å². The Hall–Kier alpha value is -5.08. The van der Waals surface area contributed by atoms with Gasteiger partial charge < -0.3 is 10.2 Å². The number of hydrogen-bond donors (Lipinski definition) is 3. The Labute approximate surface area is 208 Å². The fraction of sp³-hybridized carbons (Fsp3) is 0. The molecular formula is C23H15N5O8S. The number of aromatic carboxylic acids is 1. The summed E-state index contributed by atoms with van der Waals surface area (Å²) in [6.07, 6.45) is 0. The third kappa shape index (κ3) is 5.44. The topological polar surface area (TPSA) is 204 Å². The third-order valence-electron chi connectivity index (χ3n) is 5.05. The maximum absolute atomic E-state index is 11.7. The second-order valence-corrected chi connectivity index (χ2v) is 8.83. The summed E-state index contributed by atoms with van der Waals surface area (Å²) in [5, 5.41) is 46.9. The highest BCUT2D eigenvalue weighted by Gasteiger charge is 2.17. The molecule has 4 aromatic rings. The average molecular weight is 521 g/mol. The molecule has 0 heterocycles.